The summed E-state index contributed by atoms with van der Waals surface area (Å²) in [6.45, 7) is 21.4. The molecule has 0 saturated heterocycles. The minimum Gasteiger partial charge on any atom is -0.382 e. The van der Waals surface area contributed by atoms with Crippen LogP contribution in [0.3, 0.4) is 0 Å². The van der Waals surface area contributed by atoms with Crippen molar-refractivity contribution < 1.29 is 56.7 Å². The average molecular weight is 703 g/mol. The topological polar surface area (TPSA) is 105 Å². The Morgan fingerprint density at radius 3 is 1.16 bits per heavy atom. The molecule has 49 heavy (non-hydrogen) atoms. The molecule has 0 amide bonds. The lowest BCUT2D eigenvalue weighted by atomic mass is 9.77. The molecule has 1 aromatic rings. The fraction of sp³-hybridized carbons (Fsp3) is 0.811. The van der Waals surface area contributed by atoms with Gasteiger partial charge in [-0.05, 0) is 33.3 Å². The highest BCUT2D eigenvalue weighted by atomic mass is 16.6. The SMILES string of the molecule is C.CC[N+]1=C(C)C(C)(CCOCCOCCOCCOCCOCCOCCOCCOCCOCCOCCOC)c2cc(C)ccc21. The van der Waals surface area contributed by atoms with Crippen LogP contribution in [0.4, 0.5) is 5.69 Å². The van der Waals surface area contributed by atoms with Gasteiger partial charge in [0.25, 0.3) is 0 Å². The van der Waals surface area contributed by atoms with E-state index in [1.54, 1.807) is 7.11 Å². The van der Waals surface area contributed by atoms with E-state index in [9.17, 15) is 0 Å². The first kappa shape index (κ1) is 45.5. The number of nitrogens with zero attached hydrogens (tertiary/aromatic N) is 1. The van der Waals surface area contributed by atoms with Gasteiger partial charge >= 0.3 is 0 Å². The van der Waals surface area contributed by atoms with E-state index in [4.69, 9.17) is 52.1 Å². The van der Waals surface area contributed by atoms with E-state index in [-0.39, 0.29) is 12.8 Å². The fourth-order valence-corrected chi connectivity index (χ4v) is 5.22. The number of methoxy groups -OCH3 is 1. The van der Waals surface area contributed by atoms with Crippen LogP contribution in [0.15, 0.2) is 18.2 Å². The molecular formula is C37H68NO11+. The summed E-state index contributed by atoms with van der Waals surface area (Å²) in [5.41, 5.74) is 5.44. The molecule has 0 spiro atoms. The Balaban J connectivity index is 0.0000120. The zero-order valence-corrected chi connectivity index (χ0v) is 30.4. The van der Waals surface area contributed by atoms with Crippen LogP contribution < -0.4 is 0 Å². The van der Waals surface area contributed by atoms with Crippen molar-refractivity contribution in [2.24, 2.45) is 0 Å². The molecule has 1 aliphatic rings. The van der Waals surface area contributed by atoms with E-state index >= 15 is 0 Å². The quantitative estimate of drug-likeness (QED) is 0.0762. The zero-order valence-electron chi connectivity index (χ0n) is 30.4. The van der Waals surface area contributed by atoms with Crippen molar-refractivity contribution in [3.8, 4) is 0 Å². The summed E-state index contributed by atoms with van der Waals surface area (Å²) < 4.78 is 62.7. The lowest BCUT2D eigenvalue weighted by Gasteiger charge is -2.22. The molecule has 2 rings (SSSR count). The van der Waals surface area contributed by atoms with Crippen molar-refractivity contribution in [3.05, 3.63) is 29.3 Å². The van der Waals surface area contributed by atoms with Crippen LogP contribution in [0, 0.1) is 6.92 Å². The molecule has 0 N–H and O–H groups in total. The van der Waals surface area contributed by atoms with Gasteiger partial charge in [-0.25, -0.2) is 0 Å². The molecule has 286 valence electrons. The molecule has 1 unspecified atom stereocenters. The highest BCUT2D eigenvalue weighted by molar-refractivity contribution is 5.93. The highest BCUT2D eigenvalue weighted by Crippen LogP contribution is 2.42. The summed E-state index contributed by atoms with van der Waals surface area (Å²) in [7, 11) is 1.65. The summed E-state index contributed by atoms with van der Waals surface area (Å²) in [5, 5.41) is 0. The molecule has 0 bridgehead atoms. The Kier molecular flexibility index (Phi) is 27.9. The molecule has 1 heterocycles. The first-order valence-corrected chi connectivity index (χ1v) is 17.5. The van der Waals surface area contributed by atoms with Crippen LogP contribution in [-0.4, -0.2) is 163 Å². The molecule has 12 nitrogen and oxygen atoms in total. The van der Waals surface area contributed by atoms with Gasteiger partial charge in [-0.2, -0.15) is 4.58 Å². The molecule has 1 aliphatic heterocycles. The van der Waals surface area contributed by atoms with Crippen molar-refractivity contribution in [2.75, 3.05) is 152 Å². The number of hydrogen-bond donors (Lipinski definition) is 0. The van der Waals surface area contributed by atoms with Gasteiger partial charge in [0.15, 0.2) is 5.71 Å². The lowest BCUT2D eigenvalue weighted by Crippen LogP contribution is -2.32. The van der Waals surface area contributed by atoms with E-state index in [1.165, 1.54) is 22.5 Å². The van der Waals surface area contributed by atoms with E-state index in [1.807, 2.05) is 0 Å². The van der Waals surface area contributed by atoms with E-state index in [0.29, 0.717) is 139 Å². The van der Waals surface area contributed by atoms with Gasteiger partial charge in [0.1, 0.15) is 6.54 Å². The number of fused-ring (bicyclic) bond motifs is 1. The minimum atomic E-state index is 0. The van der Waals surface area contributed by atoms with Crippen molar-refractivity contribution in [3.63, 3.8) is 0 Å². The van der Waals surface area contributed by atoms with Gasteiger partial charge in [0.05, 0.1) is 138 Å². The predicted molar refractivity (Wildman–Crippen MR) is 191 cm³/mol. The summed E-state index contributed by atoms with van der Waals surface area (Å²) in [5.74, 6) is 0. The van der Waals surface area contributed by atoms with Crippen LogP contribution in [0.25, 0.3) is 0 Å². The number of ether oxygens (including phenoxy) is 11. The van der Waals surface area contributed by atoms with Crippen LogP contribution in [0.2, 0.25) is 0 Å². The first-order chi connectivity index (χ1) is 23.5. The zero-order chi connectivity index (χ0) is 34.5. The van der Waals surface area contributed by atoms with Gasteiger partial charge in [-0.15, -0.1) is 0 Å². The van der Waals surface area contributed by atoms with Crippen LogP contribution in [0.5, 0.6) is 0 Å². The maximum Gasteiger partial charge on any atom is 0.209 e. The van der Waals surface area contributed by atoms with Crippen molar-refractivity contribution in [2.45, 2.75) is 47.0 Å². The molecule has 1 aromatic carbocycles. The Morgan fingerprint density at radius 1 is 0.510 bits per heavy atom. The normalized spacial score (nSPS) is 15.6. The van der Waals surface area contributed by atoms with Gasteiger partial charge in [0.2, 0.25) is 5.69 Å². The van der Waals surface area contributed by atoms with Crippen molar-refractivity contribution in [1.82, 2.24) is 0 Å². The molecule has 0 radical (unpaired) electrons. The second kappa shape index (κ2) is 30.1. The third-order valence-electron chi connectivity index (χ3n) is 8.08. The lowest BCUT2D eigenvalue weighted by molar-refractivity contribution is -0.434. The largest absolute Gasteiger partial charge is 0.382 e. The predicted octanol–water partition coefficient (Wildman–Crippen LogP) is 4.23. The second-order valence-electron chi connectivity index (χ2n) is 11.5. The first-order valence-electron chi connectivity index (χ1n) is 17.5. The van der Waals surface area contributed by atoms with Crippen molar-refractivity contribution in [1.29, 1.82) is 0 Å². The van der Waals surface area contributed by atoms with E-state index < -0.39 is 0 Å². The van der Waals surface area contributed by atoms with Crippen LogP contribution in [0.1, 0.15) is 45.7 Å². The third kappa shape index (κ3) is 19.6. The Labute approximate surface area is 296 Å². The number of rotatable bonds is 34. The molecular weight excluding hydrogens is 634 g/mol. The van der Waals surface area contributed by atoms with Crippen LogP contribution >= 0.6 is 0 Å². The maximum atomic E-state index is 5.93. The molecule has 0 aromatic heterocycles. The molecule has 12 heteroatoms. The summed E-state index contributed by atoms with van der Waals surface area (Å²) in [4.78, 5) is 0. The maximum absolute atomic E-state index is 5.93. The van der Waals surface area contributed by atoms with E-state index in [0.717, 1.165) is 13.0 Å². The molecule has 1 atom stereocenters. The highest BCUT2D eigenvalue weighted by Gasteiger charge is 2.45. The standard InChI is InChI=1S/C36H64NO11.CH4/c1-6-37-33(3)36(4,34-31-32(2)7-8-35(34)37)9-10-39-13-14-41-17-18-43-21-22-45-25-26-47-29-30-48-28-27-46-24-23-44-20-19-42-16-15-40-12-11-38-5;/h7-8,31H,6,9-30H2,1-5H3;1H4/q+1;. The van der Waals surface area contributed by atoms with Crippen LogP contribution in [-0.2, 0) is 57.5 Å². The molecule has 0 saturated carbocycles. The Bertz CT molecular complexity index is 964. The van der Waals surface area contributed by atoms with E-state index in [2.05, 4.69) is 50.5 Å². The van der Waals surface area contributed by atoms with Gasteiger partial charge in [-0.1, -0.05) is 19.1 Å². The van der Waals surface area contributed by atoms with Crippen molar-refractivity contribution >= 4 is 11.4 Å². The third-order valence-corrected chi connectivity index (χ3v) is 8.08. The number of aryl methyl sites for hydroxylation is 1. The monoisotopic (exact) mass is 702 g/mol. The summed E-state index contributed by atoms with van der Waals surface area (Å²) >= 11 is 0. The second-order valence-corrected chi connectivity index (χ2v) is 11.5. The number of hydrogen-bond acceptors (Lipinski definition) is 11. The minimum absolute atomic E-state index is 0. The molecule has 0 fully saturated rings. The average Bonchev–Trinajstić information content (AvgIpc) is 3.29. The molecule has 0 aliphatic carbocycles. The Morgan fingerprint density at radius 2 is 0.837 bits per heavy atom. The summed E-state index contributed by atoms with van der Waals surface area (Å²) in [6, 6.07) is 6.78. The number of benzene rings is 1. The fourth-order valence-electron chi connectivity index (χ4n) is 5.22. The van der Waals surface area contributed by atoms with Gasteiger partial charge in [0, 0.05) is 32.3 Å². The summed E-state index contributed by atoms with van der Waals surface area (Å²) in [6.07, 6.45) is 0.951. The van der Waals surface area contributed by atoms with Gasteiger partial charge in [-0.3, -0.25) is 0 Å². The Hall–Kier alpha value is -1.55. The smallest absolute Gasteiger partial charge is 0.209 e. The van der Waals surface area contributed by atoms with Gasteiger partial charge < -0.3 is 52.1 Å².